The summed E-state index contributed by atoms with van der Waals surface area (Å²) >= 11 is 0. The van der Waals surface area contributed by atoms with Gasteiger partial charge in [-0.2, -0.15) is 0 Å². The van der Waals surface area contributed by atoms with Crippen molar-refractivity contribution >= 4 is 12.0 Å². The molecule has 0 aliphatic carbocycles. The molecule has 0 saturated carbocycles. The van der Waals surface area contributed by atoms with Crippen LogP contribution in [0.4, 0.5) is 4.79 Å². The Balaban J connectivity index is 1.61. The van der Waals surface area contributed by atoms with Gasteiger partial charge in [0.15, 0.2) is 0 Å². The summed E-state index contributed by atoms with van der Waals surface area (Å²) in [5.74, 6) is 0.629. The average molecular weight is 403 g/mol. The Morgan fingerprint density at radius 3 is 2.55 bits per heavy atom. The fraction of sp³-hybridized carbons (Fsp3) is 0.652. The van der Waals surface area contributed by atoms with Crippen molar-refractivity contribution < 1.29 is 19.1 Å². The molecule has 1 N–H and O–H groups in total. The van der Waals surface area contributed by atoms with Crippen LogP contribution in [0.5, 0.6) is 0 Å². The summed E-state index contributed by atoms with van der Waals surface area (Å²) in [5.41, 5.74) is 0.159. The lowest BCUT2D eigenvalue weighted by Crippen LogP contribution is -2.52. The maximum absolute atomic E-state index is 13.5. The van der Waals surface area contributed by atoms with E-state index in [-0.39, 0.29) is 5.91 Å². The topological polar surface area (TPSA) is 67.9 Å². The standard InChI is InChI=1S/C23H34N2O4/c1-22(2,3)29-21(27)24-17-23(10-13-28-14-11-23)20(26)25-12-9-19(16-25)15-18-7-5-4-6-8-18/h4-8,19H,9-17H2,1-3H3,(H,24,27). The van der Waals surface area contributed by atoms with Gasteiger partial charge in [-0.3, -0.25) is 4.79 Å². The first-order chi connectivity index (χ1) is 13.8. The minimum atomic E-state index is -0.600. The number of rotatable bonds is 5. The van der Waals surface area contributed by atoms with Crippen LogP contribution in [0.25, 0.3) is 0 Å². The van der Waals surface area contributed by atoms with E-state index >= 15 is 0 Å². The van der Waals surface area contributed by atoms with Crippen LogP contribution in [0, 0.1) is 11.3 Å². The van der Waals surface area contributed by atoms with Crippen molar-refractivity contribution in [3.63, 3.8) is 0 Å². The van der Waals surface area contributed by atoms with Crippen molar-refractivity contribution in [1.82, 2.24) is 10.2 Å². The van der Waals surface area contributed by atoms with Gasteiger partial charge in [-0.1, -0.05) is 30.3 Å². The number of alkyl carbamates (subject to hydrolysis) is 1. The van der Waals surface area contributed by atoms with E-state index in [0.717, 1.165) is 25.9 Å². The zero-order valence-electron chi connectivity index (χ0n) is 17.9. The van der Waals surface area contributed by atoms with E-state index in [2.05, 4.69) is 29.6 Å². The van der Waals surface area contributed by atoms with Gasteiger partial charge in [0, 0.05) is 32.8 Å². The van der Waals surface area contributed by atoms with Gasteiger partial charge in [-0.05, 0) is 57.9 Å². The Labute approximate surface area is 173 Å². The van der Waals surface area contributed by atoms with Gasteiger partial charge in [0.2, 0.25) is 5.91 Å². The summed E-state index contributed by atoms with van der Waals surface area (Å²) in [4.78, 5) is 27.6. The summed E-state index contributed by atoms with van der Waals surface area (Å²) < 4.78 is 10.9. The van der Waals surface area contributed by atoms with Crippen LogP contribution in [-0.2, 0) is 20.7 Å². The molecular formula is C23H34N2O4. The summed E-state index contributed by atoms with van der Waals surface area (Å²) in [6, 6.07) is 10.4. The van der Waals surface area contributed by atoms with Crippen molar-refractivity contribution in [1.29, 1.82) is 0 Å². The molecule has 3 rings (SSSR count). The van der Waals surface area contributed by atoms with E-state index in [4.69, 9.17) is 9.47 Å². The highest BCUT2D eigenvalue weighted by molar-refractivity contribution is 5.84. The molecule has 2 aliphatic rings. The maximum atomic E-state index is 13.5. The highest BCUT2D eigenvalue weighted by Crippen LogP contribution is 2.34. The molecule has 29 heavy (non-hydrogen) atoms. The largest absolute Gasteiger partial charge is 0.444 e. The predicted octanol–water partition coefficient (Wildman–Crippen LogP) is 3.40. The first-order valence-corrected chi connectivity index (χ1v) is 10.7. The van der Waals surface area contributed by atoms with E-state index < -0.39 is 17.1 Å². The summed E-state index contributed by atoms with van der Waals surface area (Å²) in [6.45, 7) is 8.45. The number of benzene rings is 1. The Morgan fingerprint density at radius 2 is 1.90 bits per heavy atom. The zero-order valence-corrected chi connectivity index (χ0v) is 17.9. The highest BCUT2D eigenvalue weighted by atomic mass is 16.6. The number of hydrogen-bond acceptors (Lipinski definition) is 4. The second-order valence-corrected chi connectivity index (χ2v) is 9.34. The quantitative estimate of drug-likeness (QED) is 0.820. The first-order valence-electron chi connectivity index (χ1n) is 10.7. The Bertz CT molecular complexity index is 693. The molecule has 1 aromatic rings. The van der Waals surface area contributed by atoms with Gasteiger partial charge in [0.25, 0.3) is 0 Å². The summed E-state index contributed by atoms with van der Waals surface area (Å²) in [7, 11) is 0. The number of amides is 2. The predicted molar refractivity (Wildman–Crippen MR) is 112 cm³/mol. The van der Waals surface area contributed by atoms with Crippen molar-refractivity contribution in [3.05, 3.63) is 35.9 Å². The number of ether oxygens (including phenoxy) is 2. The van der Waals surface area contributed by atoms with E-state index in [1.54, 1.807) is 0 Å². The molecule has 2 fully saturated rings. The van der Waals surface area contributed by atoms with Gasteiger partial charge >= 0.3 is 6.09 Å². The smallest absolute Gasteiger partial charge is 0.407 e. The van der Waals surface area contributed by atoms with Crippen molar-refractivity contribution in [2.24, 2.45) is 11.3 Å². The van der Waals surface area contributed by atoms with Crippen LogP contribution in [0.15, 0.2) is 30.3 Å². The molecule has 2 heterocycles. The molecule has 1 aromatic carbocycles. The Morgan fingerprint density at radius 1 is 1.21 bits per heavy atom. The zero-order chi connectivity index (χ0) is 20.9. The third-order valence-corrected chi connectivity index (χ3v) is 5.81. The molecule has 6 nitrogen and oxygen atoms in total. The Kier molecular flexibility index (Phi) is 6.83. The minimum Gasteiger partial charge on any atom is -0.444 e. The molecule has 0 bridgehead atoms. The number of nitrogens with one attached hydrogen (secondary N) is 1. The van der Waals surface area contributed by atoms with Crippen molar-refractivity contribution in [2.75, 3.05) is 32.8 Å². The van der Waals surface area contributed by atoms with E-state index in [1.807, 2.05) is 31.7 Å². The number of likely N-dealkylation sites (tertiary alicyclic amines) is 1. The molecule has 2 aliphatic heterocycles. The van der Waals surface area contributed by atoms with Crippen LogP contribution >= 0.6 is 0 Å². The first kappa shape index (κ1) is 21.6. The second kappa shape index (κ2) is 9.16. The average Bonchev–Trinajstić information content (AvgIpc) is 3.14. The van der Waals surface area contributed by atoms with Gasteiger partial charge in [-0.15, -0.1) is 0 Å². The highest BCUT2D eigenvalue weighted by Gasteiger charge is 2.44. The van der Waals surface area contributed by atoms with Gasteiger partial charge in [0.1, 0.15) is 5.60 Å². The fourth-order valence-corrected chi connectivity index (χ4v) is 4.25. The lowest BCUT2D eigenvalue weighted by molar-refractivity contribution is -0.146. The normalized spacial score (nSPS) is 21.6. The minimum absolute atomic E-state index is 0.146. The number of hydrogen-bond donors (Lipinski definition) is 1. The van der Waals surface area contributed by atoms with E-state index in [1.165, 1.54) is 5.56 Å². The van der Waals surface area contributed by atoms with E-state index in [9.17, 15) is 9.59 Å². The number of carbonyl (C=O) groups is 2. The third kappa shape index (κ3) is 5.95. The van der Waals surface area contributed by atoms with Gasteiger partial charge in [-0.25, -0.2) is 4.79 Å². The molecule has 1 unspecified atom stereocenters. The molecule has 0 aromatic heterocycles. The molecule has 2 amide bonds. The molecule has 2 saturated heterocycles. The van der Waals surface area contributed by atoms with Crippen LogP contribution < -0.4 is 5.32 Å². The molecule has 0 spiro atoms. The van der Waals surface area contributed by atoms with Crippen molar-refractivity contribution in [3.8, 4) is 0 Å². The van der Waals surface area contributed by atoms with Crippen molar-refractivity contribution in [2.45, 2.75) is 52.1 Å². The van der Waals surface area contributed by atoms with Gasteiger partial charge < -0.3 is 19.7 Å². The second-order valence-electron chi connectivity index (χ2n) is 9.34. The molecular weight excluding hydrogens is 368 g/mol. The van der Waals surface area contributed by atoms with Crippen LogP contribution in [0.2, 0.25) is 0 Å². The molecule has 1 atom stereocenters. The van der Waals surface area contributed by atoms with Crippen LogP contribution in [0.3, 0.4) is 0 Å². The van der Waals surface area contributed by atoms with Crippen LogP contribution in [-0.4, -0.2) is 55.3 Å². The number of carbonyl (C=O) groups excluding carboxylic acids is 2. The van der Waals surface area contributed by atoms with Gasteiger partial charge in [0.05, 0.1) is 5.41 Å². The summed E-state index contributed by atoms with van der Waals surface area (Å²) in [6.07, 6.45) is 2.80. The maximum Gasteiger partial charge on any atom is 0.407 e. The van der Waals surface area contributed by atoms with E-state index in [0.29, 0.717) is 38.5 Å². The Hall–Kier alpha value is -2.08. The summed E-state index contributed by atoms with van der Waals surface area (Å²) in [5, 5.41) is 2.84. The lowest BCUT2D eigenvalue weighted by atomic mass is 9.78. The molecule has 0 radical (unpaired) electrons. The fourth-order valence-electron chi connectivity index (χ4n) is 4.25. The van der Waals surface area contributed by atoms with Crippen LogP contribution in [0.1, 0.15) is 45.6 Å². The lowest BCUT2D eigenvalue weighted by Gasteiger charge is -2.38. The SMILES string of the molecule is CC(C)(C)OC(=O)NCC1(C(=O)N2CCC(Cc3ccccc3)C2)CCOCC1. The number of nitrogens with zero attached hydrogens (tertiary/aromatic N) is 1. The molecule has 160 valence electrons. The third-order valence-electron chi connectivity index (χ3n) is 5.81. The monoisotopic (exact) mass is 402 g/mol. The molecule has 6 heteroatoms.